The first-order valence-electron chi connectivity index (χ1n) is 15.4. The number of nitrogens with zero attached hydrogens (tertiary/aromatic N) is 5. The molecule has 1 aromatic carbocycles. The molecule has 0 aliphatic carbocycles. The van der Waals surface area contributed by atoms with Gasteiger partial charge in [-0.05, 0) is 44.4 Å². The number of rotatable bonds is 6. The molecule has 2 N–H and O–H groups in total. The monoisotopic (exact) mass is 642 g/mol. The molecule has 2 atom stereocenters. The highest BCUT2D eigenvalue weighted by atomic mass is 35.5. The third kappa shape index (κ3) is 6.13. The Bertz CT molecular complexity index is 1610. The second kappa shape index (κ2) is 12.8. The van der Waals surface area contributed by atoms with E-state index < -0.39 is 16.1 Å². The summed E-state index contributed by atoms with van der Waals surface area (Å²) < 4.78 is 28.5. The number of hydrogen-bond acceptors (Lipinski definition) is 7. The maximum Gasteiger partial charge on any atom is 0.241 e. The van der Waals surface area contributed by atoms with Crippen LogP contribution >= 0.6 is 11.6 Å². The Morgan fingerprint density at radius 2 is 1.95 bits per heavy atom. The summed E-state index contributed by atoms with van der Waals surface area (Å²) in [4.78, 5) is 30.1. The van der Waals surface area contributed by atoms with Gasteiger partial charge in [-0.3, -0.25) is 14.3 Å². The highest BCUT2D eigenvalue weighted by Gasteiger charge is 2.42. The van der Waals surface area contributed by atoms with Crippen LogP contribution in [0, 0.1) is 11.8 Å². The quantitative estimate of drug-likeness (QED) is 0.460. The summed E-state index contributed by atoms with van der Waals surface area (Å²) in [6, 6.07) is 5.00. The van der Waals surface area contributed by atoms with E-state index in [0.29, 0.717) is 61.7 Å². The van der Waals surface area contributed by atoms with Crippen LogP contribution in [-0.2, 0) is 32.6 Å². The first kappa shape index (κ1) is 31.0. The van der Waals surface area contributed by atoms with Crippen molar-refractivity contribution < 1.29 is 23.1 Å². The predicted molar refractivity (Wildman–Crippen MR) is 166 cm³/mol. The molecule has 4 aliphatic rings. The average molecular weight is 643 g/mol. The Balaban J connectivity index is 1.29. The van der Waals surface area contributed by atoms with Gasteiger partial charge in [0, 0.05) is 80.4 Å². The molecule has 0 radical (unpaired) electrons. The largest absolute Gasteiger partial charge is 0.395 e. The zero-order valence-electron chi connectivity index (χ0n) is 25.0. The molecule has 0 spiro atoms. The smallest absolute Gasteiger partial charge is 0.241 e. The lowest BCUT2D eigenvalue weighted by Gasteiger charge is -2.38. The van der Waals surface area contributed by atoms with Crippen molar-refractivity contribution in [2.75, 3.05) is 45.6 Å². The van der Waals surface area contributed by atoms with Gasteiger partial charge in [-0.15, -0.1) is 0 Å². The van der Waals surface area contributed by atoms with Crippen molar-refractivity contribution in [2.24, 2.45) is 0 Å². The molecule has 6 rings (SSSR count). The summed E-state index contributed by atoms with van der Waals surface area (Å²) in [5, 5.41) is 18.1. The van der Waals surface area contributed by atoms with Crippen molar-refractivity contribution in [1.82, 2.24) is 29.2 Å². The highest BCUT2D eigenvalue weighted by Crippen LogP contribution is 2.36. The first-order valence-corrected chi connectivity index (χ1v) is 17.6. The molecule has 4 aliphatic heterocycles. The van der Waals surface area contributed by atoms with Crippen molar-refractivity contribution in [3.8, 4) is 23.1 Å². The van der Waals surface area contributed by atoms with Crippen molar-refractivity contribution in [3.05, 3.63) is 40.0 Å². The zero-order chi connectivity index (χ0) is 31.0. The highest BCUT2D eigenvalue weighted by molar-refractivity contribution is 7.88. The lowest BCUT2D eigenvalue weighted by molar-refractivity contribution is -0.136. The van der Waals surface area contributed by atoms with Gasteiger partial charge in [-0.25, -0.2) is 8.42 Å². The standard InChI is InChI=1S/C31H39ClN6O5S/c1-44(42,43)36-17-12-26-24(20-36)29(22-7-8-25(32)21(19-22)5-2-3-18-39)34-38(26)27-9-13-33-30(27)31(41)35-15-10-23(11-16-35)37-14-4-6-28(37)40/h7-8,19,23,27,30,33,39H,3-4,6,9-18,20H2,1H3. The molecular weight excluding hydrogens is 604 g/mol. The normalized spacial score (nSPS) is 23.1. The first-order chi connectivity index (χ1) is 21.2. The van der Waals surface area contributed by atoms with Gasteiger partial charge in [0.1, 0.15) is 6.04 Å². The van der Waals surface area contributed by atoms with Crippen molar-refractivity contribution in [2.45, 2.75) is 69.6 Å². The molecule has 2 aromatic rings. The Hall–Kier alpha value is -2.95. The maximum absolute atomic E-state index is 13.9. The number of aromatic nitrogens is 2. The van der Waals surface area contributed by atoms with Gasteiger partial charge in [0.15, 0.2) is 0 Å². The van der Waals surface area contributed by atoms with E-state index in [9.17, 15) is 18.0 Å². The summed E-state index contributed by atoms with van der Waals surface area (Å²) in [5.41, 5.74) is 3.80. The molecule has 1 aromatic heterocycles. The fraction of sp³-hybridized carbons (Fsp3) is 0.581. The van der Waals surface area contributed by atoms with E-state index in [2.05, 4.69) is 17.2 Å². The molecule has 236 valence electrons. The van der Waals surface area contributed by atoms with Gasteiger partial charge in [-0.1, -0.05) is 29.5 Å². The minimum atomic E-state index is -3.43. The number of sulfonamides is 1. The summed E-state index contributed by atoms with van der Waals surface area (Å²) >= 11 is 6.43. The molecule has 13 heteroatoms. The topological polar surface area (TPSA) is 128 Å². The Morgan fingerprint density at radius 1 is 1.16 bits per heavy atom. The van der Waals surface area contributed by atoms with Crippen molar-refractivity contribution in [3.63, 3.8) is 0 Å². The number of likely N-dealkylation sites (tertiary alicyclic amines) is 2. The number of nitrogens with one attached hydrogen (secondary N) is 1. The lowest BCUT2D eigenvalue weighted by Crippen LogP contribution is -2.52. The van der Waals surface area contributed by atoms with Crippen LogP contribution < -0.4 is 5.32 Å². The van der Waals surface area contributed by atoms with E-state index >= 15 is 0 Å². The van der Waals surface area contributed by atoms with Crippen LogP contribution in [-0.4, -0.2) is 107 Å². The summed E-state index contributed by atoms with van der Waals surface area (Å²) in [7, 11) is -3.43. The third-order valence-electron chi connectivity index (χ3n) is 9.32. The van der Waals surface area contributed by atoms with Gasteiger partial charge >= 0.3 is 0 Å². The lowest BCUT2D eigenvalue weighted by atomic mass is 9.99. The SMILES string of the molecule is CS(=O)(=O)N1CCc2c(c(-c3ccc(Cl)c(C#CCCO)c3)nn2C2CCNC2C(=O)N2CCC(N3CCCC3=O)CC2)C1. The Kier molecular flexibility index (Phi) is 9.04. The third-order valence-corrected chi connectivity index (χ3v) is 10.9. The van der Waals surface area contributed by atoms with Crippen molar-refractivity contribution in [1.29, 1.82) is 0 Å². The number of hydrogen-bond donors (Lipinski definition) is 2. The minimum Gasteiger partial charge on any atom is -0.395 e. The summed E-state index contributed by atoms with van der Waals surface area (Å²) in [6.07, 6.45) is 5.87. The van der Waals surface area contributed by atoms with Crippen molar-refractivity contribution >= 4 is 33.4 Å². The molecule has 3 fully saturated rings. The van der Waals surface area contributed by atoms with E-state index in [1.165, 1.54) is 10.6 Å². The zero-order valence-corrected chi connectivity index (χ0v) is 26.5. The van der Waals surface area contributed by atoms with Crippen LogP contribution in [0.2, 0.25) is 5.02 Å². The second-order valence-corrected chi connectivity index (χ2v) is 14.5. The fourth-order valence-corrected chi connectivity index (χ4v) is 8.00. The van der Waals surface area contributed by atoms with E-state index in [1.54, 1.807) is 6.07 Å². The molecule has 11 nitrogen and oxygen atoms in total. The number of fused-ring (bicyclic) bond motifs is 1. The number of amides is 2. The molecule has 2 amide bonds. The molecule has 2 unspecified atom stereocenters. The van der Waals surface area contributed by atoms with Gasteiger partial charge in [0.25, 0.3) is 0 Å². The molecule has 3 saturated heterocycles. The number of carbonyl (C=O) groups is 2. The van der Waals surface area contributed by atoms with E-state index in [-0.39, 0.29) is 37.0 Å². The number of aliphatic hydroxyl groups is 1. The number of piperidine rings is 1. The van der Waals surface area contributed by atoms with Crippen LogP contribution in [0.5, 0.6) is 0 Å². The fourth-order valence-electron chi connectivity index (χ4n) is 7.05. The molecular formula is C31H39ClN6O5S. The van der Waals surface area contributed by atoms with Crippen LogP contribution in [0.1, 0.15) is 61.4 Å². The van der Waals surface area contributed by atoms with E-state index in [0.717, 1.165) is 49.0 Å². The van der Waals surface area contributed by atoms with Gasteiger partial charge in [0.05, 0.1) is 29.6 Å². The number of halogens is 1. The van der Waals surface area contributed by atoms with Crippen LogP contribution in [0.4, 0.5) is 0 Å². The van der Waals surface area contributed by atoms with Gasteiger partial charge in [0.2, 0.25) is 21.8 Å². The van der Waals surface area contributed by atoms with Gasteiger partial charge < -0.3 is 20.2 Å². The number of carbonyl (C=O) groups excluding carboxylic acids is 2. The minimum absolute atomic E-state index is 0.0466. The number of benzene rings is 1. The maximum atomic E-state index is 13.9. The molecule has 0 bridgehead atoms. The van der Waals surface area contributed by atoms with Crippen LogP contribution in [0.3, 0.4) is 0 Å². The number of aliphatic hydroxyl groups excluding tert-OH is 1. The Labute approximate surface area is 263 Å². The second-order valence-electron chi connectivity index (χ2n) is 12.1. The molecule has 0 saturated carbocycles. The van der Waals surface area contributed by atoms with E-state index in [1.807, 2.05) is 26.6 Å². The average Bonchev–Trinajstić information content (AvgIpc) is 3.76. The molecule has 44 heavy (non-hydrogen) atoms. The Morgan fingerprint density at radius 3 is 2.66 bits per heavy atom. The summed E-state index contributed by atoms with van der Waals surface area (Å²) in [6.45, 7) is 3.22. The predicted octanol–water partition coefficient (Wildman–Crippen LogP) is 1.77. The van der Waals surface area contributed by atoms with E-state index in [4.69, 9.17) is 21.8 Å². The van der Waals surface area contributed by atoms with Gasteiger partial charge in [-0.2, -0.15) is 9.40 Å². The molecule has 5 heterocycles. The van der Waals surface area contributed by atoms with Crippen LogP contribution in [0.15, 0.2) is 18.2 Å². The van der Waals surface area contributed by atoms with Crippen LogP contribution in [0.25, 0.3) is 11.3 Å². The summed E-state index contributed by atoms with van der Waals surface area (Å²) in [5.74, 6) is 6.20.